The molecule has 0 saturated carbocycles. The molecule has 94 valence electrons. The fourth-order valence-corrected chi connectivity index (χ4v) is 2.26. The van der Waals surface area contributed by atoms with Crippen LogP contribution in [0.4, 0.5) is 0 Å². The normalized spacial score (nSPS) is 12.5. The van der Waals surface area contributed by atoms with Crippen LogP contribution in [0.25, 0.3) is 10.9 Å². The summed E-state index contributed by atoms with van der Waals surface area (Å²) in [6.45, 7) is 1.93. The Balaban J connectivity index is 2.19. The van der Waals surface area contributed by atoms with Gasteiger partial charge < -0.3 is 5.11 Å². The lowest BCUT2D eigenvalue weighted by atomic mass is 10.0. The van der Waals surface area contributed by atoms with E-state index in [9.17, 15) is 5.11 Å². The van der Waals surface area contributed by atoms with Crippen LogP contribution >= 0.6 is 0 Å². The molecule has 0 spiro atoms. The molecule has 1 unspecified atom stereocenters. The molecule has 2 aromatic heterocycles. The third-order valence-corrected chi connectivity index (χ3v) is 3.14. The van der Waals surface area contributed by atoms with Crippen LogP contribution in [0.5, 0.6) is 0 Å². The lowest BCUT2D eigenvalue weighted by Crippen LogP contribution is -2.04. The van der Waals surface area contributed by atoms with E-state index in [1.165, 1.54) is 0 Å². The monoisotopic (exact) mass is 250 g/mol. The van der Waals surface area contributed by atoms with Crippen LogP contribution < -0.4 is 0 Å². The lowest BCUT2D eigenvalue weighted by Gasteiger charge is -2.14. The number of aliphatic hydroxyl groups is 1. The summed E-state index contributed by atoms with van der Waals surface area (Å²) in [6, 6.07) is 15.3. The van der Waals surface area contributed by atoms with Crippen molar-refractivity contribution in [3.05, 3.63) is 71.7 Å². The van der Waals surface area contributed by atoms with E-state index >= 15 is 0 Å². The van der Waals surface area contributed by atoms with Gasteiger partial charge in [-0.3, -0.25) is 9.97 Å². The van der Waals surface area contributed by atoms with Crippen LogP contribution in [0.1, 0.15) is 23.1 Å². The van der Waals surface area contributed by atoms with Crippen LogP contribution in [0.15, 0.2) is 54.7 Å². The zero-order valence-electron chi connectivity index (χ0n) is 10.6. The van der Waals surface area contributed by atoms with E-state index < -0.39 is 6.10 Å². The molecule has 2 heterocycles. The number of hydrogen-bond acceptors (Lipinski definition) is 3. The number of fused-ring (bicyclic) bond motifs is 1. The zero-order valence-corrected chi connectivity index (χ0v) is 10.6. The molecule has 0 fully saturated rings. The van der Waals surface area contributed by atoms with Crippen molar-refractivity contribution in [1.82, 2.24) is 9.97 Å². The Bertz CT molecular complexity index is 710. The Labute approximate surface area is 111 Å². The molecule has 0 aliphatic heterocycles. The van der Waals surface area contributed by atoms with Gasteiger partial charge >= 0.3 is 0 Å². The van der Waals surface area contributed by atoms with Gasteiger partial charge in [0.1, 0.15) is 6.10 Å². The maximum absolute atomic E-state index is 10.5. The summed E-state index contributed by atoms with van der Waals surface area (Å²) in [7, 11) is 0. The van der Waals surface area contributed by atoms with Gasteiger partial charge in [0.2, 0.25) is 0 Å². The minimum absolute atomic E-state index is 0.651. The summed E-state index contributed by atoms with van der Waals surface area (Å²) in [5, 5.41) is 11.5. The number of pyridine rings is 2. The first kappa shape index (κ1) is 11.8. The Kier molecular flexibility index (Phi) is 2.97. The van der Waals surface area contributed by atoms with E-state index in [1.54, 1.807) is 6.20 Å². The molecule has 3 nitrogen and oxygen atoms in total. The minimum atomic E-state index is -0.729. The number of aromatic nitrogens is 2. The highest BCUT2D eigenvalue weighted by molar-refractivity contribution is 5.83. The summed E-state index contributed by atoms with van der Waals surface area (Å²) < 4.78 is 0. The highest BCUT2D eigenvalue weighted by atomic mass is 16.3. The first-order valence-electron chi connectivity index (χ1n) is 6.21. The number of hydrogen-bond donors (Lipinski definition) is 1. The molecular formula is C16H14N2O. The molecule has 0 amide bonds. The van der Waals surface area contributed by atoms with Gasteiger partial charge in [0, 0.05) is 17.3 Å². The summed E-state index contributed by atoms with van der Waals surface area (Å²) in [4.78, 5) is 8.70. The van der Waals surface area contributed by atoms with Crippen LogP contribution in [-0.4, -0.2) is 15.1 Å². The Morgan fingerprint density at radius 2 is 1.84 bits per heavy atom. The van der Waals surface area contributed by atoms with Crippen molar-refractivity contribution < 1.29 is 5.11 Å². The van der Waals surface area contributed by atoms with Gasteiger partial charge in [-0.15, -0.1) is 0 Å². The largest absolute Gasteiger partial charge is 0.382 e. The predicted octanol–water partition coefficient (Wildman–Crippen LogP) is 3.02. The van der Waals surface area contributed by atoms with Crippen LogP contribution in [0, 0.1) is 6.92 Å². The summed E-state index contributed by atoms with van der Waals surface area (Å²) in [5.74, 6) is 0. The van der Waals surface area contributed by atoms with Gasteiger partial charge in [-0.1, -0.05) is 24.3 Å². The second-order valence-corrected chi connectivity index (χ2v) is 4.53. The zero-order chi connectivity index (χ0) is 13.2. The van der Waals surface area contributed by atoms with Crippen LogP contribution in [0.2, 0.25) is 0 Å². The van der Waals surface area contributed by atoms with E-state index in [0.717, 1.165) is 22.2 Å². The molecule has 3 heteroatoms. The second kappa shape index (κ2) is 4.78. The molecule has 0 aliphatic carbocycles. The molecule has 0 saturated heterocycles. The second-order valence-electron chi connectivity index (χ2n) is 4.53. The maximum Gasteiger partial charge on any atom is 0.122 e. The Morgan fingerprint density at radius 3 is 2.63 bits per heavy atom. The predicted molar refractivity (Wildman–Crippen MR) is 74.8 cm³/mol. The van der Waals surface area contributed by atoms with Gasteiger partial charge in [0.05, 0.1) is 11.2 Å². The first-order valence-corrected chi connectivity index (χ1v) is 6.21. The van der Waals surface area contributed by atoms with Crippen LogP contribution in [0.3, 0.4) is 0 Å². The van der Waals surface area contributed by atoms with Crippen molar-refractivity contribution in [3.63, 3.8) is 0 Å². The van der Waals surface area contributed by atoms with Crippen molar-refractivity contribution in [2.24, 2.45) is 0 Å². The fourth-order valence-electron chi connectivity index (χ4n) is 2.26. The molecule has 0 aliphatic rings. The van der Waals surface area contributed by atoms with Crippen molar-refractivity contribution >= 4 is 10.9 Å². The van der Waals surface area contributed by atoms with E-state index in [2.05, 4.69) is 9.97 Å². The molecule has 1 atom stereocenters. The number of nitrogens with zero attached hydrogens (tertiary/aromatic N) is 2. The maximum atomic E-state index is 10.5. The number of benzene rings is 1. The fraction of sp³-hybridized carbons (Fsp3) is 0.125. The summed E-state index contributed by atoms with van der Waals surface area (Å²) >= 11 is 0. The third kappa shape index (κ3) is 2.20. The Morgan fingerprint density at radius 1 is 1.05 bits per heavy atom. The number of rotatable bonds is 2. The van der Waals surface area contributed by atoms with Gasteiger partial charge in [0.25, 0.3) is 0 Å². The lowest BCUT2D eigenvalue weighted by molar-refractivity contribution is 0.217. The van der Waals surface area contributed by atoms with Crippen molar-refractivity contribution in [2.75, 3.05) is 0 Å². The molecule has 3 aromatic rings. The van der Waals surface area contributed by atoms with Crippen molar-refractivity contribution in [3.8, 4) is 0 Å². The molecule has 0 radical (unpaired) electrons. The number of para-hydroxylation sites is 1. The first-order chi connectivity index (χ1) is 9.25. The molecule has 3 rings (SSSR count). The van der Waals surface area contributed by atoms with Gasteiger partial charge in [0.15, 0.2) is 0 Å². The van der Waals surface area contributed by atoms with E-state index in [-0.39, 0.29) is 0 Å². The SMILES string of the molecule is Cc1cc(C(O)c2ccccn2)c2ccccc2n1. The van der Waals surface area contributed by atoms with Crippen LogP contribution in [-0.2, 0) is 0 Å². The van der Waals surface area contributed by atoms with Gasteiger partial charge in [-0.25, -0.2) is 0 Å². The topological polar surface area (TPSA) is 46.0 Å². The molecule has 19 heavy (non-hydrogen) atoms. The smallest absolute Gasteiger partial charge is 0.122 e. The summed E-state index contributed by atoms with van der Waals surface area (Å²) in [5.41, 5.74) is 3.29. The number of aliphatic hydroxyl groups excluding tert-OH is 1. The average molecular weight is 250 g/mol. The Hall–Kier alpha value is -2.26. The van der Waals surface area contributed by atoms with Gasteiger partial charge in [-0.05, 0) is 36.8 Å². The standard InChI is InChI=1S/C16H14N2O/c1-11-10-13(12-6-2-3-7-14(12)18-11)16(19)15-8-4-5-9-17-15/h2-10,16,19H,1H3. The quantitative estimate of drug-likeness (QED) is 0.760. The van der Waals surface area contributed by atoms with Gasteiger partial charge in [-0.2, -0.15) is 0 Å². The molecular weight excluding hydrogens is 236 g/mol. The summed E-state index contributed by atoms with van der Waals surface area (Å²) in [6.07, 6.45) is 0.960. The molecule has 0 bridgehead atoms. The van der Waals surface area contributed by atoms with E-state index in [1.807, 2.05) is 55.5 Å². The average Bonchev–Trinajstić information content (AvgIpc) is 2.46. The van der Waals surface area contributed by atoms with E-state index in [0.29, 0.717) is 5.69 Å². The highest BCUT2D eigenvalue weighted by Gasteiger charge is 2.15. The van der Waals surface area contributed by atoms with Crippen molar-refractivity contribution in [2.45, 2.75) is 13.0 Å². The highest BCUT2D eigenvalue weighted by Crippen LogP contribution is 2.27. The molecule has 1 N–H and O–H groups in total. The number of aryl methyl sites for hydroxylation is 1. The van der Waals surface area contributed by atoms with E-state index in [4.69, 9.17) is 0 Å². The minimum Gasteiger partial charge on any atom is -0.382 e. The molecule has 1 aromatic carbocycles. The van der Waals surface area contributed by atoms with Crippen molar-refractivity contribution in [1.29, 1.82) is 0 Å². The third-order valence-electron chi connectivity index (χ3n) is 3.14.